The normalized spacial score (nSPS) is 18.5. The highest BCUT2D eigenvalue weighted by atomic mass is 19.4. The van der Waals surface area contributed by atoms with Crippen LogP contribution in [0.5, 0.6) is 0 Å². The van der Waals surface area contributed by atoms with Gasteiger partial charge in [-0.2, -0.15) is 13.2 Å². The van der Waals surface area contributed by atoms with Gasteiger partial charge in [-0.1, -0.05) is 12.8 Å². The maximum Gasteiger partial charge on any atom is 0.405 e. The number of carbonyl (C=O) groups excluding carboxylic acids is 1. The Balaban J connectivity index is 2.15. The lowest BCUT2D eigenvalue weighted by atomic mass is 10.0. The molecule has 1 saturated carbocycles. The number of nitrogens with one attached hydrogen (secondary N) is 1. The molecule has 1 aliphatic carbocycles. The van der Waals surface area contributed by atoms with Crippen molar-refractivity contribution in [2.24, 2.45) is 5.92 Å². The Hall–Kier alpha value is -0.740. The predicted octanol–water partition coefficient (Wildman–Crippen LogP) is 2.25. The number of carbonyl (C=O) groups is 1. The van der Waals surface area contributed by atoms with Crippen LogP contribution in [-0.2, 0) is 4.79 Å². The number of rotatable bonds is 3. The first kappa shape index (κ1) is 11.3. The van der Waals surface area contributed by atoms with Gasteiger partial charge in [-0.05, 0) is 18.8 Å². The number of alkyl halides is 3. The van der Waals surface area contributed by atoms with E-state index in [-0.39, 0.29) is 6.42 Å². The summed E-state index contributed by atoms with van der Waals surface area (Å²) in [5.41, 5.74) is 0. The highest BCUT2D eigenvalue weighted by Crippen LogP contribution is 2.27. The Bertz CT molecular complexity index is 197. The molecule has 82 valence electrons. The summed E-state index contributed by atoms with van der Waals surface area (Å²) in [4.78, 5) is 11.0. The summed E-state index contributed by atoms with van der Waals surface area (Å²) in [6.45, 7) is -1.21. The third kappa shape index (κ3) is 4.48. The quantitative estimate of drug-likeness (QED) is 0.758. The Morgan fingerprint density at radius 1 is 1.29 bits per heavy atom. The summed E-state index contributed by atoms with van der Waals surface area (Å²) in [5, 5.41) is 1.89. The minimum atomic E-state index is -4.30. The van der Waals surface area contributed by atoms with Crippen molar-refractivity contribution in [3.8, 4) is 0 Å². The molecular weight excluding hydrogens is 195 g/mol. The largest absolute Gasteiger partial charge is 0.405 e. The molecule has 0 aliphatic heterocycles. The van der Waals surface area contributed by atoms with Gasteiger partial charge < -0.3 is 5.32 Å². The standard InChI is InChI=1S/C9H14F3NO/c10-9(11,12)6-13-8(14)5-7-3-1-2-4-7/h7H,1-6H2,(H,13,14). The molecule has 0 radical (unpaired) electrons. The molecule has 1 aliphatic rings. The Kier molecular flexibility index (Phi) is 3.77. The average molecular weight is 209 g/mol. The van der Waals surface area contributed by atoms with Gasteiger partial charge >= 0.3 is 6.18 Å². The highest BCUT2D eigenvalue weighted by molar-refractivity contribution is 5.76. The van der Waals surface area contributed by atoms with E-state index in [2.05, 4.69) is 0 Å². The smallest absolute Gasteiger partial charge is 0.347 e. The van der Waals surface area contributed by atoms with E-state index >= 15 is 0 Å². The van der Waals surface area contributed by atoms with Crippen molar-refractivity contribution in [1.29, 1.82) is 0 Å². The van der Waals surface area contributed by atoms with Gasteiger partial charge in [0.25, 0.3) is 0 Å². The maximum atomic E-state index is 11.7. The molecule has 0 unspecified atom stereocenters. The van der Waals surface area contributed by atoms with Crippen molar-refractivity contribution in [1.82, 2.24) is 5.32 Å². The van der Waals surface area contributed by atoms with E-state index < -0.39 is 18.6 Å². The molecule has 1 N–H and O–H groups in total. The van der Waals surface area contributed by atoms with E-state index in [1.54, 1.807) is 0 Å². The minimum Gasteiger partial charge on any atom is -0.347 e. The molecule has 1 rings (SSSR count). The first-order valence-electron chi connectivity index (χ1n) is 4.81. The van der Waals surface area contributed by atoms with Crippen LogP contribution in [0.3, 0.4) is 0 Å². The Labute approximate surface area is 80.9 Å². The van der Waals surface area contributed by atoms with Gasteiger partial charge in [0.15, 0.2) is 0 Å². The summed E-state index contributed by atoms with van der Waals surface area (Å²) < 4.78 is 35.1. The highest BCUT2D eigenvalue weighted by Gasteiger charge is 2.28. The van der Waals surface area contributed by atoms with Gasteiger partial charge in [-0.3, -0.25) is 4.79 Å². The van der Waals surface area contributed by atoms with Crippen LogP contribution in [0.1, 0.15) is 32.1 Å². The molecule has 0 saturated heterocycles. The van der Waals surface area contributed by atoms with Crippen molar-refractivity contribution in [2.75, 3.05) is 6.54 Å². The van der Waals surface area contributed by atoms with E-state index in [0.29, 0.717) is 5.92 Å². The van der Waals surface area contributed by atoms with E-state index in [0.717, 1.165) is 25.7 Å². The van der Waals surface area contributed by atoms with Crippen LogP contribution in [0.2, 0.25) is 0 Å². The third-order valence-electron chi connectivity index (χ3n) is 2.43. The number of amides is 1. The van der Waals surface area contributed by atoms with Gasteiger partial charge in [0.05, 0.1) is 0 Å². The summed E-state index contributed by atoms with van der Waals surface area (Å²) in [6, 6.07) is 0. The lowest BCUT2D eigenvalue weighted by molar-refractivity contribution is -0.138. The van der Waals surface area contributed by atoms with Crippen LogP contribution in [0.4, 0.5) is 13.2 Å². The molecule has 1 amide bonds. The SMILES string of the molecule is O=C(CC1CCCC1)NCC(F)(F)F. The molecule has 0 heterocycles. The van der Waals surface area contributed by atoms with Gasteiger partial charge in [-0.15, -0.1) is 0 Å². The van der Waals surface area contributed by atoms with E-state index in [1.807, 2.05) is 5.32 Å². The van der Waals surface area contributed by atoms with Gasteiger partial charge in [0, 0.05) is 6.42 Å². The van der Waals surface area contributed by atoms with Crippen molar-refractivity contribution in [3.63, 3.8) is 0 Å². The lowest BCUT2D eigenvalue weighted by Crippen LogP contribution is -2.34. The van der Waals surface area contributed by atoms with Gasteiger partial charge in [-0.25, -0.2) is 0 Å². The van der Waals surface area contributed by atoms with Crippen LogP contribution < -0.4 is 5.32 Å². The van der Waals surface area contributed by atoms with Crippen LogP contribution >= 0.6 is 0 Å². The molecule has 14 heavy (non-hydrogen) atoms. The predicted molar refractivity (Wildman–Crippen MR) is 45.6 cm³/mol. The summed E-state index contributed by atoms with van der Waals surface area (Å²) in [6.07, 6.45) is 0.0781. The summed E-state index contributed by atoms with van der Waals surface area (Å²) in [7, 11) is 0. The molecule has 2 nitrogen and oxygen atoms in total. The zero-order valence-corrected chi connectivity index (χ0v) is 7.86. The lowest BCUT2D eigenvalue weighted by Gasteiger charge is -2.11. The summed E-state index contributed by atoms with van der Waals surface area (Å²) >= 11 is 0. The molecule has 0 spiro atoms. The van der Waals surface area contributed by atoms with E-state index in [4.69, 9.17) is 0 Å². The van der Waals surface area contributed by atoms with E-state index in [9.17, 15) is 18.0 Å². The fourth-order valence-electron chi connectivity index (χ4n) is 1.75. The third-order valence-corrected chi connectivity index (χ3v) is 2.43. The molecule has 0 aromatic carbocycles. The Morgan fingerprint density at radius 3 is 2.36 bits per heavy atom. The fraction of sp³-hybridized carbons (Fsp3) is 0.889. The van der Waals surface area contributed by atoms with Crippen molar-refractivity contribution in [3.05, 3.63) is 0 Å². The molecule has 0 aromatic heterocycles. The second-order valence-corrected chi connectivity index (χ2v) is 3.75. The zero-order valence-electron chi connectivity index (χ0n) is 7.86. The molecular formula is C9H14F3NO. The van der Waals surface area contributed by atoms with Crippen molar-refractivity contribution < 1.29 is 18.0 Å². The number of hydrogen-bond donors (Lipinski definition) is 1. The van der Waals surface area contributed by atoms with Crippen LogP contribution in [0.25, 0.3) is 0 Å². The summed E-state index contributed by atoms with van der Waals surface area (Å²) in [5.74, 6) is -0.183. The topological polar surface area (TPSA) is 29.1 Å². The second kappa shape index (κ2) is 4.66. The molecule has 0 bridgehead atoms. The molecule has 1 fully saturated rings. The van der Waals surface area contributed by atoms with Crippen LogP contribution in [0.15, 0.2) is 0 Å². The molecule has 0 aromatic rings. The van der Waals surface area contributed by atoms with Crippen LogP contribution in [0, 0.1) is 5.92 Å². The van der Waals surface area contributed by atoms with Crippen LogP contribution in [-0.4, -0.2) is 18.6 Å². The minimum absolute atomic E-state index is 0.246. The monoisotopic (exact) mass is 209 g/mol. The Morgan fingerprint density at radius 2 is 1.86 bits per heavy atom. The number of hydrogen-bond acceptors (Lipinski definition) is 1. The first-order chi connectivity index (χ1) is 6.47. The second-order valence-electron chi connectivity index (χ2n) is 3.75. The molecule has 5 heteroatoms. The number of halogens is 3. The van der Waals surface area contributed by atoms with Crippen molar-refractivity contribution in [2.45, 2.75) is 38.3 Å². The first-order valence-corrected chi connectivity index (χ1v) is 4.81. The van der Waals surface area contributed by atoms with Crippen molar-refractivity contribution >= 4 is 5.91 Å². The molecule has 0 atom stereocenters. The average Bonchev–Trinajstić information content (AvgIpc) is 2.52. The van der Waals surface area contributed by atoms with Gasteiger partial charge in [0.1, 0.15) is 6.54 Å². The maximum absolute atomic E-state index is 11.7. The van der Waals surface area contributed by atoms with Gasteiger partial charge in [0.2, 0.25) is 5.91 Å². The fourth-order valence-corrected chi connectivity index (χ4v) is 1.75. The van der Waals surface area contributed by atoms with E-state index in [1.165, 1.54) is 0 Å². The zero-order chi connectivity index (χ0) is 10.6.